The number of nitrogens with zero attached hydrogens (tertiary/aromatic N) is 1. The van der Waals surface area contributed by atoms with Crippen molar-refractivity contribution in [2.75, 3.05) is 6.26 Å². The van der Waals surface area contributed by atoms with Crippen molar-refractivity contribution in [3.8, 4) is 0 Å². The summed E-state index contributed by atoms with van der Waals surface area (Å²) < 4.78 is 36.1. The van der Waals surface area contributed by atoms with Gasteiger partial charge in [-0.05, 0) is 6.26 Å². The van der Waals surface area contributed by atoms with Crippen molar-refractivity contribution >= 4 is 11.8 Å². The van der Waals surface area contributed by atoms with Gasteiger partial charge in [0, 0.05) is 6.20 Å². The van der Waals surface area contributed by atoms with E-state index >= 15 is 0 Å². The molecule has 1 aromatic rings. The Morgan fingerprint density at radius 3 is 2.54 bits per heavy atom. The maximum atomic E-state index is 12.0. The molecular formula is C6H5F3N2OS. The highest BCUT2D eigenvalue weighted by atomic mass is 32.2. The lowest BCUT2D eigenvalue weighted by atomic mass is 10.3. The van der Waals surface area contributed by atoms with Crippen molar-refractivity contribution in [2.45, 2.75) is 11.3 Å². The van der Waals surface area contributed by atoms with E-state index < -0.39 is 17.3 Å². The number of nitrogens with one attached hydrogen (secondary N) is 1. The average molecular weight is 210 g/mol. The molecule has 1 N–H and O–H groups in total. The van der Waals surface area contributed by atoms with Gasteiger partial charge in [0.2, 0.25) is 0 Å². The van der Waals surface area contributed by atoms with Crippen LogP contribution in [0.2, 0.25) is 0 Å². The van der Waals surface area contributed by atoms with E-state index in [1.807, 2.05) is 4.98 Å². The van der Waals surface area contributed by atoms with Crippen LogP contribution in [0, 0.1) is 0 Å². The van der Waals surface area contributed by atoms with Gasteiger partial charge < -0.3 is 4.98 Å². The van der Waals surface area contributed by atoms with Crippen LogP contribution in [0.1, 0.15) is 5.56 Å². The molecule has 0 saturated carbocycles. The molecule has 1 heterocycles. The number of alkyl halides is 3. The molecule has 0 spiro atoms. The number of hydrogen-bond donors (Lipinski definition) is 1. The molecular weight excluding hydrogens is 205 g/mol. The maximum Gasteiger partial charge on any atom is 0.423 e. The zero-order valence-corrected chi connectivity index (χ0v) is 7.29. The lowest BCUT2D eigenvalue weighted by Gasteiger charge is -2.04. The second-order valence-corrected chi connectivity index (χ2v) is 2.93. The predicted octanol–water partition coefficient (Wildman–Crippen LogP) is 1.51. The van der Waals surface area contributed by atoms with Crippen LogP contribution in [-0.2, 0) is 6.18 Å². The number of rotatable bonds is 1. The third-order valence-electron chi connectivity index (χ3n) is 1.27. The Hall–Kier alpha value is -0.980. The standard InChI is InChI=1S/C6H5F3N2OS/c1-13-5-10-2-3(4(12)11-5)6(7,8)9/h2H,1H3,(H,10,11,12). The second-order valence-electron chi connectivity index (χ2n) is 2.13. The van der Waals surface area contributed by atoms with Crippen LogP contribution < -0.4 is 5.56 Å². The molecule has 0 aliphatic rings. The van der Waals surface area contributed by atoms with Gasteiger partial charge in [-0.2, -0.15) is 13.2 Å². The summed E-state index contributed by atoms with van der Waals surface area (Å²) in [5, 5.41) is 0.165. The summed E-state index contributed by atoms with van der Waals surface area (Å²) in [4.78, 5) is 16.2. The van der Waals surface area contributed by atoms with Gasteiger partial charge in [-0.25, -0.2) is 4.98 Å². The Bertz CT molecular complexity index is 360. The molecule has 0 amide bonds. The molecule has 0 unspecified atom stereocenters. The van der Waals surface area contributed by atoms with E-state index in [4.69, 9.17) is 0 Å². The number of halogens is 3. The first-order valence-corrected chi connectivity index (χ1v) is 4.38. The molecule has 0 bridgehead atoms. The van der Waals surface area contributed by atoms with Crippen molar-refractivity contribution in [1.29, 1.82) is 0 Å². The van der Waals surface area contributed by atoms with Gasteiger partial charge in [0.05, 0.1) is 0 Å². The highest BCUT2D eigenvalue weighted by Gasteiger charge is 2.34. The first kappa shape index (κ1) is 10.1. The number of hydrogen-bond acceptors (Lipinski definition) is 3. The molecule has 0 atom stereocenters. The monoisotopic (exact) mass is 210 g/mol. The van der Waals surface area contributed by atoms with Gasteiger partial charge in [-0.1, -0.05) is 11.8 Å². The number of aromatic nitrogens is 2. The Morgan fingerprint density at radius 1 is 1.54 bits per heavy atom. The van der Waals surface area contributed by atoms with E-state index in [9.17, 15) is 18.0 Å². The van der Waals surface area contributed by atoms with Crippen molar-refractivity contribution in [1.82, 2.24) is 9.97 Å². The molecule has 0 aromatic carbocycles. The largest absolute Gasteiger partial charge is 0.423 e. The summed E-state index contributed by atoms with van der Waals surface area (Å²) in [7, 11) is 0. The van der Waals surface area contributed by atoms with Gasteiger partial charge in [-0.3, -0.25) is 4.79 Å². The van der Waals surface area contributed by atoms with Crippen molar-refractivity contribution in [3.05, 3.63) is 22.1 Å². The third kappa shape index (κ3) is 2.24. The average Bonchev–Trinajstić information content (AvgIpc) is 2.01. The van der Waals surface area contributed by atoms with Crippen molar-refractivity contribution in [3.63, 3.8) is 0 Å². The van der Waals surface area contributed by atoms with Gasteiger partial charge >= 0.3 is 6.18 Å². The van der Waals surface area contributed by atoms with Crippen LogP contribution in [0.5, 0.6) is 0 Å². The zero-order valence-electron chi connectivity index (χ0n) is 6.47. The fourth-order valence-electron chi connectivity index (χ4n) is 0.684. The van der Waals surface area contributed by atoms with Crippen LogP contribution in [0.15, 0.2) is 16.1 Å². The Labute approximate surface area is 75.4 Å². The topological polar surface area (TPSA) is 45.8 Å². The summed E-state index contributed by atoms with van der Waals surface area (Å²) >= 11 is 1.07. The van der Waals surface area contributed by atoms with Gasteiger partial charge in [-0.15, -0.1) is 0 Å². The normalized spacial score (nSPS) is 11.7. The summed E-state index contributed by atoms with van der Waals surface area (Å²) in [6, 6.07) is 0. The minimum atomic E-state index is -4.64. The van der Waals surface area contributed by atoms with Gasteiger partial charge in [0.25, 0.3) is 5.56 Å². The van der Waals surface area contributed by atoms with E-state index in [0.717, 1.165) is 11.8 Å². The third-order valence-corrected chi connectivity index (χ3v) is 1.87. The fourth-order valence-corrected chi connectivity index (χ4v) is 1.04. The summed E-state index contributed by atoms with van der Waals surface area (Å²) in [5.41, 5.74) is -2.43. The first-order valence-electron chi connectivity index (χ1n) is 3.15. The van der Waals surface area contributed by atoms with Crippen molar-refractivity contribution < 1.29 is 13.2 Å². The van der Waals surface area contributed by atoms with Crippen molar-refractivity contribution in [2.24, 2.45) is 0 Å². The number of aromatic amines is 1. The number of H-pyrrole nitrogens is 1. The molecule has 0 saturated heterocycles. The second kappa shape index (κ2) is 3.41. The minimum Gasteiger partial charge on any atom is -0.301 e. The summed E-state index contributed by atoms with van der Waals surface area (Å²) in [6.07, 6.45) is -2.51. The van der Waals surface area contributed by atoms with E-state index in [2.05, 4.69) is 4.98 Å². The molecule has 72 valence electrons. The van der Waals surface area contributed by atoms with Crippen LogP contribution in [0.4, 0.5) is 13.2 Å². The van der Waals surface area contributed by atoms with E-state index in [0.29, 0.717) is 6.20 Å². The van der Waals surface area contributed by atoms with Crippen LogP contribution in [0.3, 0.4) is 0 Å². The molecule has 7 heteroatoms. The zero-order chi connectivity index (χ0) is 10.1. The minimum absolute atomic E-state index is 0.165. The highest BCUT2D eigenvalue weighted by molar-refractivity contribution is 7.98. The van der Waals surface area contributed by atoms with E-state index in [1.165, 1.54) is 0 Å². The smallest absolute Gasteiger partial charge is 0.301 e. The van der Waals surface area contributed by atoms with Gasteiger partial charge in [0.1, 0.15) is 5.56 Å². The lowest BCUT2D eigenvalue weighted by Crippen LogP contribution is -2.22. The highest BCUT2D eigenvalue weighted by Crippen LogP contribution is 2.25. The molecule has 0 aliphatic heterocycles. The molecule has 0 fully saturated rings. The van der Waals surface area contributed by atoms with Crippen LogP contribution >= 0.6 is 11.8 Å². The van der Waals surface area contributed by atoms with E-state index in [1.54, 1.807) is 6.26 Å². The quantitative estimate of drug-likeness (QED) is 0.564. The Kier molecular flexibility index (Phi) is 2.65. The molecule has 0 aliphatic carbocycles. The molecule has 1 rings (SSSR count). The maximum absolute atomic E-state index is 12.0. The van der Waals surface area contributed by atoms with Crippen LogP contribution in [-0.4, -0.2) is 16.2 Å². The summed E-state index contributed by atoms with van der Waals surface area (Å²) in [6.45, 7) is 0. The number of thioether (sulfide) groups is 1. The summed E-state index contributed by atoms with van der Waals surface area (Å²) in [5.74, 6) is 0. The SMILES string of the molecule is CSc1ncc(C(F)(F)F)c(=O)[nH]1. The van der Waals surface area contributed by atoms with Gasteiger partial charge in [0.15, 0.2) is 5.16 Å². The molecule has 0 radical (unpaired) electrons. The lowest BCUT2D eigenvalue weighted by molar-refractivity contribution is -0.139. The first-order chi connectivity index (χ1) is 5.95. The molecule has 1 aromatic heterocycles. The Balaban J connectivity index is 3.21. The fraction of sp³-hybridized carbons (Fsp3) is 0.333. The molecule has 13 heavy (non-hydrogen) atoms. The van der Waals surface area contributed by atoms with Crippen LogP contribution in [0.25, 0.3) is 0 Å². The predicted molar refractivity (Wildman–Crippen MR) is 41.6 cm³/mol. The molecule has 3 nitrogen and oxygen atoms in total. The van der Waals surface area contributed by atoms with E-state index in [-0.39, 0.29) is 5.16 Å². The Morgan fingerprint density at radius 2 is 2.15 bits per heavy atom.